The van der Waals surface area contributed by atoms with E-state index in [1.807, 2.05) is 0 Å². The van der Waals surface area contributed by atoms with E-state index in [0.717, 1.165) is 24.8 Å². The number of H-pyrrole nitrogens is 1. The maximum Gasteiger partial charge on any atom is 0.227 e. The van der Waals surface area contributed by atoms with E-state index in [4.69, 9.17) is 0 Å². The van der Waals surface area contributed by atoms with Crippen LogP contribution in [-0.2, 0) is 4.79 Å². The first-order valence-corrected chi connectivity index (χ1v) is 8.52. The van der Waals surface area contributed by atoms with Crippen LogP contribution in [-0.4, -0.2) is 16.1 Å². The van der Waals surface area contributed by atoms with E-state index in [9.17, 15) is 13.6 Å². The van der Waals surface area contributed by atoms with Gasteiger partial charge in [0, 0.05) is 17.4 Å². The lowest BCUT2D eigenvalue weighted by molar-refractivity contribution is -0.122. The van der Waals surface area contributed by atoms with Crippen molar-refractivity contribution in [1.82, 2.24) is 10.2 Å². The Hall–Kier alpha value is -3.02. The molecule has 1 aromatic heterocycles. The van der Waals surface area contributed by atoms with Crippen LogP contribution in [0.15, 0.2) is 36.4 Å². The predicted octanol–water partition coefficient (Wildman–Crippen LogP) is 4.75. The Balaban J connectivity index is 1.62. The van der Waals surface area contributed by atoms with Gasteiger partial charge in [-0.15, -0.1) is 0 Å². The van der Waals surface area contributed by atoms with Gasteiger partial charge >= 0.3 is 0 Å². The molecule has 3 aromatic rings. The van der Waals surface area contributed by atoms with E-state index in [-0.39, 0.29) is 23.3 Å². The summed E-state index contributed by atoms with van der Waals surface area (Å²) in [7, 11) is 0. The monoisotopic (exact) mass is 353 g/mol. The molecule has 0 unspecified atom stereocenters. The highest BCUT2D eigenvalue weighted by Gasteiger charge is 2.26. The standard InChI is InChI=1S/C20H17F2N3O/c21-14-7-4-12(5-8-14)6-9-17-15-10-19(16(22)11-18(15)25-24-17)23-20(26)13-2-1-3-13/h4-11,13H,1-3H2,(H,23,26)(H,24,25). The summed E-state index contributed by atoms with van der Waals surface area (Å²) in [6.07, 6.45) is 6.31. The van der Waals surface area contributed by atoms with Crippen LogP contribution in [0.25, 0.3) is 23.1 Å². The van der Waals surface area contributed by atoms with Crippen LogP contribution < -0.4 is 5.32 Å². The molecule has 0 aliphatic heterocycles. The second-order valence-electron chi connectivity index (χ2n) is 6.49. The molecular formula is C20H17F2N3O. The van der Waals surface area contributed by atoms with Gasteiger partial charge in [0.2, 0.25) is 5.91 Å². The summed E-state index contributed by atoms with van der Waals surface area (Å²) in [6.45, 7) is 0. The van der Waals surface area contributed by atoms with Crippen LogP contribution in [0.2, 0.25) is 0 Å². The van der Waals surface area contributed by atoms with Gasteiger partial charge in [0.25, 0.3) is 0 Å². The molecule has 2 N–H and O–H groups in total. The Morgan fingerprint density at radius 3 is 2.62 bits per heavy atom. The smallest absolute Gasteiger partial charge is 0.227 e. The molecular weight excluding hydrogens is 336 g/mol. The van der Waals surface area contributed by atoms with Crippen LogP contribution in [0, 0.1) is 17.6 Å². The number of aromatic amines is 1. The highest BCUT2D eigenvalue weighted by atomic mass is 19.1. The van der Waals surface area contributed by atoms with Crippen molar-refractivity contribution in [2.75, 3.05) is 5.32 Å². The molecule has 1 aliphatic rings. The second-order valence-corrected chi connectivity index (χ2v) is 6.49. The number of benzene rings is 2. The van der Waals surface area contributed by atoms with Gasteiger partial charge in [0.05, 0.1) is 16.9 Å². The number of rotatable bonds is 4. The zero-order valence-corrected chi connectivity index (χ0v) is 13.9. The predicted molar refractivity (Wildman–Crippen MR) is 97.4 cm³/mol. The lowest BCUT2D eigenvalue weighted by Crippen LogP contribution is -2.28. The number of nitrogens with zero attached hydrogens (tertiary/aromatic N) is 1. The van der Waals surface area contributed by atoms with Crippen molar-refractivity contribution in [3.8, 4) is 0 Å². The van der Waals surface area contributed by atoms with Crippen LogP contribution >= 0.6 is 0 Å². The molecule has 0 spiro atoms. The van der Waals surface area contributed by atoms with Gasteiger partial charge in [0.15, 0.2) is 0 Å². The van der Waals surface area contributed by atoms with E-state index in [0.29, 0.717) is 16.6 Å². The number of hydrogen-bond acceptors (Lipinski definition) is 2. The lowest BCUT2D eigenvalue weighted by atomic mass is 9.85. The van der Waals surface area contributed by atoms with E-state index < -0.39 is 5.82 Å². The third kappa shape index (κ3) is 3.22. The van der Waals surface area contributed by atoms with E-state index >= 15 is 0 Å². The average Bonchev–Trinajstić information content (AvgIpc) is 2.95. The summed E-state index contributed by atoms with van der Waals surface area (Å²) in [5.41, 5.74) is 2.14. The van der Waals surface area contributed by atoms with Gasteiger partial charge < -0.3 is 5.32 Å². The maximum atomic E-state index is 14.2. The van der Waals surface area contributed by atoms with E-state index in [2.05, 4.69) is 15.5 Å². The van der Waals surface area contributed by atoms with Crippen molar-refractivity contribution >= 4 is 34.6 Å². The molecule has 4 nitrogen and oxygen atoms in total. The third-order valence-electron chi connectivity index (χ3n) is 4.72. The topological polar surface area (TPSA) is 57.8 Å². The van der Waals surface area contributed by atoms with E-state index in [1.165, 1.54) is 18.2 Å². The zero-order chi connectivity index (χ0) is 18.1. The molecule has 1 fully saturated rings. The number of fused-ring (bicyclic) bond motifs is 1. The molecule has 6 heteroatoms. The van der Waals surface area contributed by atoms with Crippen molar-refractivity contribution < 1.29 is 13.6 Å². The minimum Gasteiger partial charge on any atom is -0.323 e. The number of anilines is 1. The zero-order valence-electron chi connectivity index (χ0n) is 13.9. The Bertz CT molecular complexity index is 988. The quantitative estimate of drug-likeness (QED) is 0.711. The van der Waals surface area contributed by atoms with Gasteiger partial charge in [0.1, 0.15) is 11.6 Å². The normalized spacial score (nSPS) is 14.7. The molecule has 0 atom stereocenters. The van der Waals surface area contributed by atoms with Crippen LogP contribution in [0.3, 0.4) is 0 Å². The molecule has 4 rings (SSSR count). The number of hydrogen-bond donors (Lipinski definition) is 2. The third-order valence-corrected chi connectivity index (χ3v) is 4.72. The Morgan fingerprint density at radius 1 is 1.15 bits per heavy atom. The Kier molecular flexibility index (Phi) is 4.24. The number of carbonyl (C=O) groups is 1. The van der Waals surface area contributed by atoms with Gasteiger partial charge in [-0.05, 0) is 42.7 Å². The summed E-state index contributed by atoms with van der Waals surface area (Å²) in [4.78, 5) is 12.1. The molecule has 0 saturated heterocycles. The van der Waals surface area contributed by atoms with Crippen LogP contribution in [0.5, 0.6) is 0 Å². The molecule has 0 bridgehead atoms. The molecule has 2 aromatic carbocycles. The molecule has 0 radical (unpaired) electrons. The minimum absolute atomic E-state index is 0.0210. The molecule has 1 saturated carbocycles. The highest BCUT2D eigenvalue weighted by molar-refractivity contribution is 5.97. The first kappa shape index (κ1) is 16.4. The number of carbonyl (C=O) groups excluding carboxylic acids is 1. The largest absolute Gasteiger partial charge is 0.323 e. The summed E-state index contributed by atoms with van der Waals surface area (Å²) in [6, 6.07) is 9.00. The molecule has 26 heavy (non-hydrogen) atoms. The fraction of sp³-hybridized carbons (Fsp3) is 0.200. The fourth-order valence-corrected chi connectivity index (χ4v) is 2.94. The minimum atomic E-state index is -0.497. The summed E-state index contributed by atoms with van der Waals surface area (Å²) in [5, 5.41) is 10.4. The van der Waals surface area contributed by atoms with Crippen molar-refractivity contribution in [2.24, 2.45) is 5.92 Å². The van der Waals surface area contributed by atoms with Crippen molar-refractivity contribution in [3.63, 3.8) is 0 Å². The SMILES string of the molecule is O=C(Nc1cc2c(C=Cc3ccc(F)cc3)n[nH]c2cc1F)C1CCC1. The Labute approximate surface area is 148 Å². The van der Waals surface area contributed by atoms with Gasteiger partial charge in [-0.2, -0.15) is 5.10 Å². The van der Waals surface area contributed by atoms with Crippen molar-refractivity contribution in [3.05, 3.63) is 59.3 Å². The van der Waals surface area contributed by atoms with Gasteiger partial charge in [-0.3, -0.25) is 9.89 Å². The molecule has 1 amide bonds. The van der Waals surface area contributed by atoms with Crippen molar-refractivity contribution in [2.45, 2.75) is 19.3 Å². The summed E-state index contributed by atoms with van der Waals surface area (Å²) < 4.78 is 27.2. The summed E-state index contributed by atoms with van der Waals surface area (Å²) >= 11 is 0. The number of amides is 1. The van der Waals surface area contributed by atoms with Gasteiger partial charge in [-0.1, -0.05) is 24.6 Å². The number of aromatic nitrogens is 2. The average molecular weight is 353 g/mol. The highest BCUT2D eigenvalue weighted by Crippen LogP contribution is 2.30. The first-order valence-electron chi connectivity index (χ1n) is 8.52. The molecule has 132 valence electrons. The molecule has 1 heterocycles. The molecule has 1 aliphatic carbocycles. The Morgan fingerprint density at radius 2 is 1.92 bits per heavy atom. The van der Waals surface area contributed by atoms with E-state index in [1.54, 1.807) is 30.4 Å². The fourth-order valence-electron chi connectivity index (χ4n) is 2.94. The van der Waals surface area contributed by atoms with Gasteiger partial charge in [-0.25, -0.2) is 8.78 Å². The van der Waals surface area contributed by atoms with Crippen LogP contribution in [0.4, 0.5) is 14.5 Å². The van der Waals surface area contributed by atoms with Crippen molar-refractivity contribution in [1.29, 1.82) is 0 Å². The summed E-state index contributed by atoms with van der Waals surface area (Å²) in [5.74, 6) is -0.953. The second kappa shape index (κ2) is 6.71. The maximum absolute atomic E-state index is 14.2. The van der Waals surface area contributed by atoms with Crippen LogP contribution in [0.1, 0.15) is 30.5 Å². The number of halogens is 2. The lowest BCUT2D eigenvalue weighted by Gasteiger charge is -2.24. The first-order chi connectivity index (χ1) is 12.6. The number of nitrogens with one attached hydrogen (secondary N) is 2.